The highest BCUT2D eigenvalue weighted by molar-refractivity contribution is 8.00. The molecule has 0 spiro atoms. The number of nitrogens with zero attached hydrogens (tertiary/aromatic N) is 4. The van der Waals surface area contributed by atoms with Crippen LogP contribution in [0, 0.1) is 17.2 Å². The maximum Gasteiger partial charge on any atom is 0.264 e. The van der Waals surface area contributed by atoms with Crippen LogP contribution in [0.2, 0.25) is 0 Å². The van der Waals surface area contributed by atoms with Crippen LogP contribution in [0.25, 0.3) is 0 Å². The standard InChI is InChI=1S/C24H26N6O3S2/c1-4-21(34-23-17(15-25)6-7-19(29-23)14-16(2)3)22(31)28-18-8-10-20(11-9-18)35(32,33)30-24-26-12-5-13-27-24/h5-13,16,21H,4,14H2,1-3H3,(H,28,31)(H,26,27,30). The zero-order valence-corrected chi connectivity index (χ0v) is 21.2. The fourth-order valence-electron chi connectivity index (χ4n) is 3.11. The summed E-state index contributed by atoms with van der Waals surface area (Å²) < 4.78 is 27.4. The quantitative estimate of drug-likeness (QED) is 0.386. The van der Waals surface area contributed by atoms with Crippen molar-refractivity contribution in [2.75, 3.05) is 10.0 Å². The van der Waals surface area contributed by atoms with Crippen molar-refractivity contribution < 1.29 is 13.2 Å². The van der Waals surface area contributed by atoms with Crippen LogP contribution in [-0.2, 0) is 21.2 Å². The SMILES string of the molecule is CCC(Sc1nc(CC(C)C)ccc1C#N)C(=O)Nc1ccc(S(=O)(=O)Nc2ncccn2)cc1. The first-order valence-electron chi connectivity index (χ1n) is 11.0. The lowest BCUT2D eigenvalue weighted by Crippen LogP contribution is -2.25. The molecule has 1 unspecified atom stereocenters. The summed E-state index contributed by atoms with van der Waals surface area (Å²) in [6.45, 7) is 6.07. The molecule has 1 amide bonds. The summed E-state index contributed by atoms with van der Waals surface area (Å²) in [5, 5.41) is 12.3. The fourth-order valence-corrected chi connectivity index (χ4v) is 5.08. The van der Waals surface area contributed by atoms with E-state index < -0.39 is 15.3 Å². The number of nitriles is 1. The Balaban J connectivity index is 1.70. The highest BCUT2D eigenvalue weighted by atomic mass is 32.2. The molecule has 2 N–H and O–H groups in total. The van der Waals surface area contributed by atoms with Gasteiger partial charge in [0.2, 0.25) is 11.9 Å². The summed E-state index contributed by atoms with van der Waals surface area (Å²) in [5.41, 5.74) is 1.76. The summed E-state index contributed by atoms with van der Waals surface area (Å²) in [6, 6.07) is 13.1. The molecular weight excluding hydrogens is 484 g/mol. The van der Waals surface area contributed by atoms with Crippen LogP contribution in [0.3, 0.4) is 0 Å². The Kier molecular flexibility index (Phi) is 8.78. The highest BCUT2D eigenvalue weighted by Gasteiger charge is 2.22. The maximum absolute atomic E-state index is 12.9. The molecule has 2 heterocycles. The van der Waals surface area contributed by atoms with E-state index in [9.17, 15) is 18.5 Å². The largest absolute Gasteiger partial charge is 0.325 e. The van der Waals surface area contributed by atoms with Gasteiger partial charge in [0.25, 0.3) is 10.0 Å². The number of carbonyl (C=O) groups excluding carboxylic acids is 1. The van der Waals surface area contributed by atoms with E-state index in [0.717, 1.165) is 12.1 Å². The summed E-state index contributed by atoms with van der Waals surface area (Å²) in [5.74, 6) is 0.125. The van der Waals surface area contributed by atoms with Gasteiger partial charge in [-0.25, -0.2) is 28.1 Å². The van der Waals surface area contributed by atoms with Crippen LogP contribution in [0.5, 0.6) is 0 Å². The number of benzene rings is 1. The fraction of sp³-hybridized carbons (Fsp3) is 0.292. The van der Waals surface area contributed by atoms with Crippen LogP contribution in [0.4, 0.5) is 11.6 Å². The number of rotatable bonds is 10. The van der Waals surface area contributed by atoms with Gasteiger partial charge in [-0.2, -0.15) is 5.26 Å². The van der Waals surface area contributed by atoms with Gasteiger partial charge in [0.15, 0.2) is 0 Å². The lowest BCUT2D eigenvalue weighted by atomic mass is 10.1. The molecular formula is C24H26N6O3S2. The molecule has 0 saturated heterocycles. The van der Waals surface area contributed by atoms with E-state index in [1.807, 2.05) is 13.0 Å². The van der Waals surface area contributed by atoms with Gasteiger partial charge in [0.1, 0.15) is 11.1 Å². The zero-order valence-electron chi connectivity index (χ0n) is 19.6. The molecule has 0 aliphatic heterocycles. The van der Waals surface area contributed by atoms with Crippen LogP contribution >= 0.6 is 11.8 Å². The number of sulfonamides is 1. The second-order valence-corrected chi connectivity index (χ2v) is 10.9. The molecule has 1 atom stereocenters. The number of pyridine rings is 1. The van der Waals surface area contributed by atoms with Crippen molar-refractivity contribution in [3.63, 3.8) is 0 Å². The lowest BCUT2D eigenvalue weighted by Gasteiger charge is -2.16. The summed E-state index contributed by atoms with van der Waals surface area (Å²) >= 11 is 1.25. The number of amides is 1. The van der Waals surface area contributed by atoms with E-state index >= 15 is 0 Å². The summed E-state index contributed by atoms with van der Waals surface area (Å²) in [7, 11) is -3.87. The molecule has 0 aliphatic rings. The van der Waals surface area contributed by atoms with Gasteiger partial charge in [-0.3, -0.25) is 4.79 Å². The summed E-state index contributed by atoms with van der Waals surface area (Å²) in [6.07, 6.45) is 4.16. The van der Waals surface area contributed by atoms with Crippen molar-refractivity contribution in [1.29, 1.82) is 5.26 Å². The highest BCUT2D eigenvalue weighted by Crippen LogP contribution is 2.29. The Hall–Kier alpha value is -3.49. The van der Waals surface area contributed by atoms with E-state index in [4.69, 9.17) is 0 Å². The minimum atomic E-state index is -3.87. The molecule has 9 nitrogen and oxygen atoms in total. The topological polar surface area (TPSA) is 138 Å². The Morgan fingerprint density at radius 2 is 1.80 bits per heavy atom. The molecule has 3 aromatic rings. The Labute approximate surface area is 209 Å². The first-order chi connectivity index (χ1) is 16.7. The summed E-state index contributed by atoms with van der Waals surface area (Å²) in [4.78, 5) is 25.3. The molecule has 1 aromatic carbocycles. The number of anilines is 2. The number of hydrogen-bond acceptors (Lipinski definition) is 8. The third-order valence-corrected chi connectivity index (χ3v) is 7.51. The minimum absolute atomic E-state index is 0.00852. The average molecular weight is 511 g/mol. The van der Waals surface area contributed by atoms with Crippen LogP contribution in [0.1, 0.15) is 38.4 Å². The van der Waals surface area contributed by atoms with Gasteiger partial charge in [-0.1, -0.05) is 32.5 Å². The van der Waals surface area contributed by atoms with Crippen molar-refractivity contribution in [3.05, 3.63) is 66.1 Å². The van der Waals surface area contributed by atoms with E-state index in [2.05, 4.69) is 44.9 Å². The first kappa shape index (κ1) is 26.1. The molecule has 0 radical (unpaired) electrons. The van der Waals surface area contributed by atoms with Crippen molar-refractivity contribution in [1.82, 2.24) is 15.0 Å². The number of aromatic nitrogens is 3. The number of carbonyl (C=O) groups is 1. The Morgan fingerprint density at radius 3 is 2.40 bits per heavy atom. The minimum Gasteiger partial charge on any atom is -0.325 e. The first-order valence-corrected chi connectivity index (χ1v) is 13.4. The Morgan fingerprint density at radius 1 is 1.11 bits per heavy atom. The predicted octanol–water partition coefficient (Wildman–Crippen LogP) is 4.25. The zero-order chi connectivity index (χ0) is 25.4. The van der Waals surface area contributed by atoms with Crippen LogP contribution in [0.15, 0.2) is 64.8 Å². The van der Waals surface area contributed by atoms with Crippen molar-refractivity contribution in [2.45, 2.75) is 48.8 Å². The molecule has 2 aromatic heterocycles. The average Bonchev–Trinajstić information content (AvgIpc) is 2.83. The van der Waals surface area contributed by atoms with E-state index in [1.54, 1.807) is 12.1 Å². The second kappa shape index (κ2) is 11.8. The van der Waals surface area contributed by atoms with Crippen molar-refractivity contribution in [3.8, 4) is 6.07 Å². The molecule has 0 bridgehead atoms. The van der Waals surface area contributed by atoms with Gasteiger partial charge in [0.05, 0.1) is 15.7 Å². The lowest BCUT2D eigenvalue weighted by molar-refractivity contribution is -0.115. The van der Waals surface area contributed by atoms with Crippen molar-refractivity contribution >= 4 is 39.3 Å². The smallest absolute Gasteiger partial charge is 0.264 e. The van der Waals surface area contributed by atoms with Gasteiger partial charge < -0.3 is 5.32 Å². The third kappa shape index (κ3) is 7.24. The maximum atomic E-state index is 12.9. The van der Waals surface area contributed by atoms with Crippen LogP contribution in [-0.4, -0.2) is 34.5 Å². The van der Waals surface area contributed by atoms with Gasteiger partial charge >= 0.3 is 0 Å². The molecule has 3 rings (SSSR count). The number of hydrogen-bond donors (Lipinski definition) is 2. The van der Waals surface area contributed by atoms with Gasteiger partial charge in [-0.15, -0.1) is 0 Å². The number of nitrogens with one attached hydrogen (secondary N) is 2. The monoisotopic (exact) mass is 510 g/mol. The van der Waals surface area contributed by atoms with Gasteiger partial charge in [0, 0.05) is 23.8 Å². The molecule has 35 heavy (non-hydrogen) atoms. The molecule has 0 fully saturated rings. The van der Waals surface area contributed by atoms with E-state index in [-0.39, 0.29) is 16.8 Å². The Bertz CT molecular complexity index is 1310. The van der Waals surface area contributed by atoms with Crippen LogP contribution < -0.4 is 10.0 Å². The second-order valence-electron chi connectivity index (χ2n) is 8.07. The van der Waals surface area contributed by atoms with Gasteiger partial charge in [-0.05, 0) is 61.2 Å². The molecule has 0 aliphatic carbocycles. The molecule has 182 valence electrons. The molecule has 11 heteroatoms. The third-order valence-electron chi connectivity index (χ3n) is 4.80. The molecule has 0 saturated carbocycles. The number of thioether (sulfide) groups is 1. The van der Waals surface area contributed by atoms with Crippen molar-refractivity contribution in [2.24, 2.45) is 5.92 Å². The predicted molar refractivity (Wildman–Crippen MR) is 135 cm³/mol. The van der Waals surface area contributed by atoms with E-state index in [0.29, 0.717) is 28.6 Å². The normalized spacial score (nSPS) is 12.1. The van der Waals surface area contributed by atoms with E-state index in [1.165, 1.54) is 48.4 Å².